The second-order valence-corrected chi connectivity index (χ2v) is 3.57. The molecule has 0 heteroatoms. The van der Waals surface area contributed by atoms with Crippen molar-refractivity contribution >= 4 is 11.6 Å². The average molecular weight is 222 g/mol. The zero-order chi connectivity index (χ0) is 12.7. The first-order valence-electron chi connectivity index (χ1n) is 5.62. The van der Waals surface area contributed by atoms with Gasteiger partial charge in [0.2, 0.25) is 0 Å². The van der Waals surface area contributed by atoms with Gasteiger partial charge in [0.05, 0.1) is 0 Å². The van der Waals surface area contributed by atoms with Crippen molar-refractivity contribution in [2.24, 2.45) is 0 Å². The molecule has 1 aromatic rings. The second kappa shape index (κ2) is 6.49. The molecule has 1 rings (SSSR count). The topological polar surface area (TPSA) is 0 Å². The van der Waals surface area contributed by atoms with E-state index >= 15 is 0 Å². The van der Waals surface area contributed by atoms with Crippen molar-refractivity contribution in [2.45, 2.75) is 6.92 Å². The van der Waals surface area contributed by atoms with Crippen LogP contribution in [0.15, 0.2) is 73.9 Å². The van der Waals surface area contributed by atoms with E-state index in [1.165, 1.54) is 0 Å². The first-order chi connectivity index (χ1) is 8.28. The molecule has 0 aliphatic heterocycles. The van der Waals surface area contributed by atoms with Crippen LogP contribution in [0.1, 0.15) is 18.1 Å². The first kappa shape index (κ1) is 13.0. The molecule has 0 aliphatic carbocycles. The molecule has 0 spiro atoms. The first-order valence-corrected chi connectivity index (χ1v) is 5.62. The molecular weight excluding hydrogens is 204 g/mol. The Hall–Kier alpha value is -2.08. The van der Waals surface area contributed by atoms with Crippen LogP contribution in [-0.4, -0.2) is 0 Å². The Bertz CT molecular complexity index is 475. The van der Waals surface area contributed by atoms with Crippen LogP contribution in [0.4, 0.5) is 0 Å². The third-order valence-corrected chi connectivity index (χ3v) is 2.56. The van der Waals surface area contributed by atoms with Crippen molar-refractivity contribution in [2.75, 3.05) is 0 Å². The summed E-state index contributed by atoms with van der Waals surface area (Å²) in [6.07, 6.45) is 9.59. The maximum atomic E-state index is 3.85. The van der Waals surface area contributed by atoms with Crippen LogP contribution < -0.4 is 0 Å². The van der Waals surface area contributed by atoms with Crippen LogP contribution in [0.3, 0.4) is 0 Å². The molecule has 0 nitrogen and oxygen atoms in total. The Balaban J connectivity index is 3.53. The van der Waals surface area contributed by atoms with E-state index in [1.54, 1.807) is 0 Å². The molecule has 0 N–H and O–H groups in total. The molecule has 0 aromatic heterocycles. The van der Waals surface area contributed by atoms with Crippen molar-refractivity contribution in [3.05, 3.63) is 85.0 Å². The molecule has 0 amide bonds. The van der Waals surface area contributed by atoms with E-state index in [-0.39, 0.29) is 0 Å². The van der Waals surface area contributed by atoms with Gasteiger partial charge < -0.3 is 0 Å². The van der Waals surface area contributed by atoms with E-state index in [0.29, 0.717) is 0 Å². The van der Waals surface area contributed by atoms with Crippen LogP contribution in [0.2, 0.25) is 0 Å². The van der Waals surface area contributed by atoms with E-state index in [1.807, 2.05) is 43.4 Å². The summed E-state index contributed by atoms with van der Waals surface area (Å²) in [4.78, 5) is 0. The Labute approximate surface area is 104 Å². The zero-order valence-electron chi connectivity index (χ0n) is 10.3. The molecule has 86 valence electrons. The van der Waals surface area contributed by atoms with Crippen molar-refractivity contribution < 1.29 is 0 Å². The molecule has 0 radical (unpaired) electrons. The molecule has 1 aromatic carbocycles. The van der Waals surface area contributed by atoms with Crippen molar-refractivity contribution in [3.8, 4) is 0 Å². The number of benzene rings is 1. The quantitative estimate of drug-likeness (QED) is 0.613. The van der Waals surface area contributed by atoms with E-state index < -0.39 is 0 Å². The normalized spacial score (nSPS) is 9.94. The lowest BCUT2D eigenvalue weighted by atomic mass is 9.95. The fraction of sp³-hybridized carbons (Fsp3) is 0.0588. The minimum Gasteiger partial charge on any atom is -0.0984 e. The van der Waals surface area contributed by atoms with Gasteiger partial charge in [-0.25, -0.2) is 0 Å². The lowest BCUT2D eigenvalue weighted by molar-refractivity contribution is 1.55. The van der Waals surface area contributed by atoms with E-state index in [4.69, 9.17) is 0 Å². The maximum Gasteiger partial charge on any atom is -0.0106 e. The summed E-state index contributed by atoms with van der Waals surface area (Å²) in [5.41, 5.74) is 4.41. The molecule has 17 heavy (non-hydrogen) atoms. The molecular formula is C17H18. The Morgan fingerprint density at radius 2 is 1.71 bits per heavy atom. The third-order valence-electron chi connectivity index (χ3n) is 2.56. The van der Waals surface area contributed by atoms with Gasteiger partial charge >= 0.3 is 0 Å². The lowest BCUT2D eigenvalue weighted by Gasteiger charge is -2.10. The van der Waals surface area contributed by atoms with Crippen molar-refractivity contribution in [1.29, 1.82) is 0 Å². The molecule has 0 saturated carbocycles. The Morgan fingerprint density at radius 3 is 2.24 bits per heavy atom. The van der Waals surface area contributed by atoms with Crippen LogP contribution in [0, 0.1) is 0 Å². The summed E-state index contributed by atoms with van der Waals surface area (Å²) < 4.78 is 0. The van der Waals surface area contributed by atoms with E-state index in [9.17, 15) is 0 Å². The molecule has 0 atom stereocenters. The van der Waals surface area contributed by atoms with Gasteiger partial charge in [-0.15, -0.1) is 0 Å². The minimum absolute atomic E-state index is 1.03. The molecule has 0 heterocycles. The summed E-state index contributed by atoms with van der Waals surface area (Å²) >= 11 is 0. The summed E-state index contributed by atoms with van der Waals surface area (Å²) in [5, 5.41) is 0. The van der Waals surface area contributed by atoms with E-state index in [2.05, 4.69) is 37.9 Å². The fourth-order valence-corrected chi connectivity index (χ4v) is 1.73. The zero-order valence-corrected chi connectivity index (χ0v) is 10.3. The summed E-state index contributed by atoms with van der Waals surface area (Å²) in [6.45, 7) is 13.5. The van der Waals surface area contributed by atoms with Crippen LogP contribution in [0.25, 0.3) is 11.6 Å². The third kappa shape index (κ3) is 2.94. The van der Waals surface area contributed by atoms with Crippen molar-refractivity contribution in [3.63, 3.8) is 0 Å². The highest BCUT2D eigenvalue weighted by Gasteiger charge is 2.05. The summed E-state index contributed by atoms with van der Waals surface area (Å²) in [5.74, 6) is 0. The monoisotopic (exact) mass is 222 g/mol. The molecule has 0 fully saturated rings. The number of allylic oxidation sites excluding steroid dienone is 6. The SMILES string of the molecule is C=CC(C=C)=C(/C=C\C)c1ccccc1C=C. The standard InChI is InChI=1S/C17H18/c1-5-11-16(14(6-2)7-3)17-13-10-9-12-15(17)8-4/h5-13H,2-4H2,1H3/b11-5-. The van der Waals surface area contributed by atoms with Gasteiger partial charge in [0, 0.05) is 0 Å². The van der Waals surface area contributed by atoms with Gasteiger partial charge in [0.1, 0.15) is 0 Å². The van der Waals surface area contributed by atoms with Crippen LogP contribution in [-0.2, 0) is 0 Å². The number of hydrogen-bond acceptors (Lipinski definition) is 0. The highest BCUT2D eigenvalue weighted by Crippen LogP contribution is 2.25. The number of hydrogen-bond donors (Lipinski definition) is 0. The van der Waals surface area contributed by atoms with Crippen molar-refractivity contribution in [1.82, 2.24) is 0 Å². The molecule has 0 bridgehead atoms. The summed E-state index contributed by atoms with van der Waals surface area (Å²) in [6, 6.07) is 8.17. The van der Waals surface area contributed by atoms with Gasteiger partial charge in [0.15, 0.2) is 0 Å². The molecule has 0 saturated heterocycles. The molecule has 0 unspecified atom stereocenters. The van der Waals surface area contributed by atoms with Gasteiger partial charge in [-0.2, -0.15) is 0 Å². The largest absolute Gasteiger partial charge is 0.0984 e. The Morgan fingerprint density at radius 1 is 1.06 bits per heavy atom. The fourth-order valence-electron chi connectivity index (χ4n) is 1.73. The van der Waals surface area contributed by atoms with Crippen LogP contribution >= 0.6 is 0 Å². The Kier molecular flexibility index (Phi) is 4.96. The smallest absolute Gasteiger partial charge is 0.0106 e. The predicted octanol–water partition coefficient (Wildman–Crippen LogP) is 5.03. The van der Waals surface area contributed by atoms with E-state index in [0.717, 1.165) is 22.3 Å². The lowest BCUT2D eigenvalue weighted by Crippen LogP contribution is -1.89. The highest BCUT2D eigenvalue weighted by molar-refractivity contribution is 5.84. The second-order valence-electron chi connectivity index (χ2n) is 3.57. The van der Waals surface area contributed by atoms with Gasteiger partial charge in [-0.3, -0.25) is 0 Å². The molecule has 0 aliphatic rings. The summed E-state index contributed by atoms with van der Waals surface area (Å²) in [7, 11) is 0. The van der Waals surface area contributed by atoms with Crippen LogP contribution in [0.5, 0.6) is 0 Å². The number of rotatable bonds is 5. The van der Waals surface area contributed by atoms with Gasteiger partial charge in [-0.1, -0.05) is 74.4 Å². The highest BCUT2D eigenvalue weighted by atomic mass is 14.1. The average Bonchev–Trinajstić information content (AvgIpc) is 2.39. The maximum absolute atomic E-state index is 3.85. The van der Waals surface area contributed by atoms with Gasteiger partial charge in [0.25, 0.3) is 0 Å². The minimum atomic E-state index is 1.03. The predicted molar refractivity (Wildman–Crippen MR) is 78.7 cm³/mol. The van der Waals surface area contributed by atoms with Gasteiger partial charge in [-0.05, 0) is 29.2 Å².